The number of carboxylic acid groups (broad SMARTS) is 1. The number of nitrogens with zero attached hydrogens (tertiary/aromatic N) is 3. The van der Waals surface area contributed by atoms with E-state index in [4.69, 9.17) is 27.8 Å². The first-order valence-corrected chi connectivity index (χ1v) is 22.1. The van der Waals surface area contributed by atoms with E-state index in [-0.39, 0.29) is 6.54 Å². The summed E-state index contributed by atoms with van der Waals surface area (Å²) in [4.78, 5) is 35.1. The number of amides is 1. The Hall–Kier alpha value is -7.60. The first kappa shape index (κ1) is 47.9. The van der Waals surface area contributed by atoms with Crippen molar-refractivity contribution in [1.82, 2.24) is 14.9 Å². The quantitative estimate of drug-likeness (QED) is 0.0688. The molecule has 0 aliphatic rings. The van der Waals surface area contributed by atoms with Crippen molar-refractivity contribution in [2.45, 2.75) is 65.8 Å². The van der Waals surface area contributed by atoms with Gasteiger partial charge < -0.3 is 32.9 Å². The molecule has 5 aromatic carbocycles. The van der Waals surface area contributed by atoms with Gasteiger partial charge in [0.05, 0.1) is 31.7 Å². The second-order valence-corrected chi connectivity index (χ2v) is 15.4. The number of hydrogen-bond acceptors (Lipinski definition) is 10. The molecule has 0 radical (unpaired) electrons. The number of unbranched alkanes of at least 4 members (excludes halogenated alkanes) is 2. The van der Waals surface area contributed by atoms with E-state index in [2.05, 4.69) is 23.5 Å². The molecule has 7 rings (SSSR count). The Kier molecular flexibility index (Phi) is 17.7. The summed E-state index contributed by atoms with van der Waals surface area (Å²) in [7, 11) is 1.54. The van der Waals surface area contributed by atoms with Crippen LogP contribution < -0.4 is 18.9 Å². The summed E-state index contributed by atoms with van der Waals surface area (Å²) in [6.07, 6.45) is 6.22. The van der Waals surface area contributed by atoms with E-state index in [1.54, 1.807) is 31.4 Å². The summed E-state index contributed by atoms with van der Waals surface area (Å²) >= 11 is 0. The first-order chi connectivity index (χ1) is 32.1. The largest absolute Gasteiger partial charge is 0.497 e. The summed E-state index contributed by atoms with van der Waals surface area (Å²) in [5, 5.41) is 9.51. The predicted octanol–water partition coefficient (Wildman–Crippen LogP) is 12.0. The lowest BCUT2D eigenvalue weighted by molar-refractivity contribution is -0.138. The molecule has 66 heavy (non-hydrogen) atoms. The number of ether oxygens (including phenoxy) is 4. The van der Waals surface area contributed by atoms with E-state index in [1.165, 1.54) is 4.90 Å². The van der Waals surface area contributed by atoms with Gasteiger partial charge in [-0.1, -0.05) is 87.0 Å². The van der Waals surface area contributed by atoms with E-state index in [0.29, 0.717) is 55.1 Å². The van der Waals surface area contributed by atoms with Crippen LogP contribution in [-0.2, 0) is 30.6 Å². The average Bonchev–Trinajstić information content (AvgIpc) is 3.91. The van der Waals surface area contributed by atoms with Gasteiger partial charge in [-0.3, -0.25) is 9.69 Å². The van der Waals surface area contributed by atoms with Crippen LogP contribution in [0.5, 0.6) is 23.0 Å². The van der Waals surface area contributed by atoms with Crippen LogP contribution in [0.1, 0.15) is 65.8 Å². The molecular formula is C54H57N3O9. The number of benzene rings is 5. The van der Waals surface area contributed by atoms with Crippen LogP contribution in [0.4, 0.5) is 4.79 Å². The molecular weight excluding hydrogens is 835 g/mol. The third kappa shape index (κ3) is 14.2. The van der Waals surface area contributed by atoms with Crippen LogP contribution in [0, 0.1) is 13.8 Å². The number of aliphatic carboxylic acids is 1. The van der Waals surface area contributed by atoms with Gasteiger partial charge >= 0.3 is 12.1 Å². The van der Waals surface area contributed by atoms with Crippen molar-refractivity contribution in [3.63, 3.8) is 0 Å². The van der Waals surface area contributed by atoms with Crippen molar-refractivity contribution >= 4 is 18.1 Å². The minimum absolute atomic E-state index is 0.0867. The molecule has 1 amide bonds. The average molecular weight is 892 g/mol. The monoisotopic (exact) mass is 891 g/mol. The van der Waals surface area contributed by atoms with Gasteiger partial charge in [0.1, 0.15) is 41.1 Å². The van der Waals surface area contributed by atoms with Crippen molar-refractivity contribution in [3.8, 4) is 45.9 Å². The van der Waals surface area contributed by atoms with Gasteiger partial charge in [0.15, 0.2) is 0 Å². The molecule has 0 aliphatic heterocycles. The Balaban J connectivity index is 0.000000262. The van der Waals surface area contributed by atoms with Crippen molar-refractivity contribution < 1.29 is 42.5 Å². The molecule has 2 heterocycles. The van der Waals surface area contributed by atoms with E-state index in [9.17, 15) is 14.7 Å². The number of aryl methyl sites for hydroxylation is 3. The maximum absolute atomic E-state index is 13.0. The highest BCUT2D eigenvalue weighted by Crippen LogP contribution is 2.26. The van der Waals surface area contributed by atoms with E-state index in [1.807, 2.05) is 123 Å². The van der Waals surface area contributed by atoms with Crippen LogP contribution >= 0.6 is 0 Å². The molecule has 0 saturated heterocycles. The molecule has 0 saturated carbocycles. The zero-order chi connectivity index (χ0) is 46.7. The highest BCUT2D eigenvalue weighted by molar-refractivity contribution is 5.78. The molecule has 0 fully saturated rings. The molecule has 0 aliphatic carbocycles. The molecule has 342 valence electrons. The highest BCUT2D eigenvalue weighted by Gasteiger charge is 2.22. The number of carbonyl (C=O) groups is 2. The Labute approximate surface area is 386 Å². The van der Waals surface area contributed by atoms with Gasteiger partial charge in [0, 0.05) is 30.5 Å². The van der Waals surface area contributed by atoms with Crippen LogP contribution in [0.3, 0.4) is 0 Å². The van der Waals surface area contributed by atoms with E-state index in [0.717, 1.165) is 82.2 Å². The van der Waals surface area contributed by atoms with Crippen LogP contribution in [-0.4, -0.2) is 58.9 Å². The van der Waals surface area contributed by atoms with Crippen LogP contribution in [0.25, 0.3) is 29.0 Å². The minimum Gasteiger partial charge on any atom is -0.497 e. The minimum atomic E-state index is -1.13. The highest BCUT2D eigenvalue weighted by atomic mass is 16.6. The Morgan fingerprint density at radius 2 is 1.20 bits per heavy atom. The molecule has 0 unspecified atom stereocenters. The van der Waals surface area contributed by atoms with Crippen LogP contribution in [0.15, 0.2) is 143 Å². The maximum atomic E-state index is 13.0. The Morgan fingerprint density at radius 1 is 0.667 bits per heavy atom. The predicted molar refractivity (Wildman–Crippen MR) is 255 cm³/mol. The lowest BCUT2D eigenvalue weighted by Gasteiger charge is -2.22. The summed E-state index contributed by atoms with van der Waals surface area (Å²) in [6.45, 7) is 10.3. The van der Waals surface area contributed by atoms with Gasteiger partial charge in [-0.25, -0.2) is 14.8 Å². The lowest BCUT2D eigenvalue weighted by Crippen LogP contribution is -2.37. The van der Waals surface area contributed by atoms with E-state index < -0.39 is 18.6 Å². The third-order valence-electron chi connectivity index (χ3n) is 10.6. The normalized spacial score (nSPS) is 10.7. The zero-order valence-corrected chi connectivity index (χ0v) is 38.0. The van der Waals surface area contributed by atoms with Crippen molar-refractivity contribution in [2.24, 2.45) is 0 Å². The fourth-order valence-electron chi connectivity index (χ4n) is 6.97. The summed E-state index contributed by atoms with van der Waals surface area (Å²) in [5.74, 6) is 4.19. The van der Waals surface area contributed by atoms with Crippen molar-refractivity contribution in [1.29, 1.82) is 0 Å². The van der Waals surface area contributed by atoms with Gasteiger partial charge in [0.2, 0.25) is 11.8 Å². The second-order valence-electron chi connectivity index (χ2n) is 15.4. The number of aromatic nitrogens is 2. The molecule has 2 aromatic heterocycles. The van der Waals surface area contributed by atoms with Gasteiger partial charge in [-0.05, 0) is 116 Å². The third-order valence-corrected chi connectivity index (χ3v) is 10.6. The Bertz CT molecular complexity index is 2600. The maximum Gasteiger partial charge on any atom is 0.416 e. The molecule has 0 spiro atoms. The van der Waals surface area contributed by atoms with E-state index >= 15 is 0 Å². The van der Waals surface area contributed by atoms with Gasteiger partial charge in [-0.15, -0.1) is 0 Å². The number of carbonyl (C=O) groups excluding carboxylic acids is 1. The number of methoxy groups -OCH3 is 1. The summed E-state index contributed by atoms with van der Waals surface area (Å²) < 4.78 is 34.1. The number of hydrogen-bond donors (Lipinski definition) is 1. The zero-order valence-electron chi connectivity index (χ0n) is 38.0. The molecule has 12 heteroatoms. The van der Waals surface area contributed by atoms with Crippen LogP contribution in [0.2, 0.25) is 0 Å². The fourth-order valence-corrected chi connectivity index (χ4v) is 6.97. The molecule has 7 aromatic rings. The smallest absolute Gasteiger partial charge is 0.416 e. The van der Waals surface area contributed by atoms with Crippen molar-refractivity contribution in [3.05, 3.63) is 174 Å². The molecule has 0 bridgehead atoms. The summed E-state index contributed by atoms with van der Waals surface area (Å²) in [5.41, 5.74) is 6.62. The number of carboxylic acids is 1. The SMILES string of the molecule is C=Cc1ccc(OCCc2nc(-c3ccccc3)oc2C)cc1.CCCCCc1cc(OCCc2nc(-c3ccccc3)oc2C)ccc1CN(CC(=O)O)C(=O)Oc1ccc(OC)cc1. The summed E-state index contributed by atoms with van der Waals surface area (Å²) in [6, 6.07) is 39.8. The standard InChI is InChI=1S/C34H38N2O7.C20H19NO2/c1-4-5-7-12-26-21-30(41-20-19-31-24(2)42-33(35-31)25-10-8-6-9-11-25)14-13-27(26)22-36(23-32(37)38)34(39)43-29-17-15-28(40-3)16-18-29;1-3-16-9-11-18(12-10-16)22-14-13-19-15(2)23-20(21-19)17-7-5-4-6-8-17/h6,8-11,13-18,21H,4-5,7,12,19-20,22-23H2,1-3H3,(H,37,38);3-12H,1,13-14H2,2H3. The number of oxazole rings is 2. The second kappa shape index (κ2) is 24.5. The molecule has 12 nitrogen and oxygen atoms in total. The fraction of sp³-hybridized carbons (Fsp3) is 0.259. The molecule has 0 atom stereocenters. The number of rotatable bonds is 21. The first-order valence-electron chi connectivity index (χ1n) is 22.1. The Morgan fingerprint density at radius 3 is 1.73 bits per heavy atom. The topological polar surface area (TPSA) is 147 Å². The lowest BCUT2D eigenvalue weighted by atomic mass is 10.0. The van der Waals surface area contributed by atoms with Gasteiger partial charge in [0.25, 0.3) is 0 Å². The molecule has 1 N–H and O–H groups in total. The van der Waals surface area contributed by atoms with Crippen molar-refractivity contribution in [2.75, 3.05) is 26.9 Å². The van der Waals surface area contributed by atoms with Gasteiger partial charge in [-0.2, -0.15) is 0 Å².